The molecule has 166 valence electrons. The Hall–Kier alpha value is -3.73. The van der Waals surface area contributed by atoms with Crippen LogP contribution in [-0.4, -0.2) is 35.3 Å². The monoisotopic (exact) mass is 457 g/mol. The van der Waals surface area contributed by atoms with Gasteiger partial charge in [0.15, 0.2) is 11.4 Å². The predicted octanol–water partition coefficient (Wildman–Crippen LogP) is 4.04. The second-order valence-corrected chi connectivity index (χ2v) is 9.22. The maximum atomic E-state index is 14.0. The molecule has 32 heavy (non-hydrogen) atoms. The van der Waals surface area contributed by atoms with Gasteiger partial charge in [0.1, 0.15) is 11.5 Å². The molecule has 0 saturated heterocycles. The van der Waals surface area contributed by atoms with E-state index in [0.29, 0.717) is 22.5 Å². The van der Waals surface area contributed by atoms with Gasteiger partial charge in [-0.15, -0.1) is 0 Å². The summed E-state index contributed by atoms with van der Waals surface area (Å²) in [4.78, 5) is 17.8. The van der Waals surface area contributed by atoms with Crippen LogP contribution >= 0.6 is 0 Å². The number of nitrogens with one attached hydrogen (secondary N) is 2. The lowest BCUT2D eigenvalue weighted by atomic mass is 10.1. The van der Waals surface area contributed by atoms with Crippen LogP contribution in [0.1, 0.15) is 30.2 Å². The third-order valence-corrected chi connectivity index (χ3v) is 5.18. The number of furan rings is 1. The number of aromatic nitrogens is 3. The molecule has 0 spiro atoms. The summed E-state index contributed by atoms with van der Waals surface area (Å²) in [7, 11) is -3.69. The highest BCUT2D eigenvalue weighted by Crippen LogP contribution is 2.28. The lowest BCUT2D eigenvalue weighted by Crippen LogP contribution is -2.15. The first kappa shape index (κ1) is 21.5. The van der Waals surface area contributed by atoms with Crippen LogP contribution in [0.3, 0.4) is 0 Å². The number of carbonyl (C=O) groups excluding carboxylic acids is 1. The molecule has 1 aromatic carbocycles. The van der Waals surface area contributed by atoms with E-state index in [1.54, 1.807) is 29.1 Å². The normalized spacial score (nSPS) is 11.8. The summed E-state index contributed by atoms with van der Waals surface area (Å²) < 4.78 is 46.2. The first-order valence-corrected chi connectivity index (χ1v) is 11.5. The smallest absolute Gasteiger partial charge is 0.256 e. The van der Waals surface area contributed by atoms with Crippen LogP contribution in [0.25, 0.3) is 22.5 Å². The van der Waals surface area contributed by atoms with Crippen LogP contribution in [0.5, 0.6) is 0 Å². The molecule has 9 nitrogen and oxygen atoms in total. The van der Waals surface area contributed by atoms with Crippen LogP contribution in [0.2, 0.25) is 0 Å². The Morgan fingerprint density at radius 2 is 2.00 bits per heavy atom. The van der Waals surface area contributed by atoms with Crippen molar-refractivity contribution in [1.29, 1.82) is 0 Å². The highest BCUT2D eigenvalue weighted by Gasteiger charge is 2.20. The van der Waals surface area contributed by atoms with Crippen molar-refractivity contribution < 1.29 is 22.0 Å². The number of benzene rings is 1. The third-order valence-electron chi connectivity index (χ3n) is 4.59. The van der Waals surface area contributed by atoms with Gasteiger partial charge in [-0.05, 0) is 50.2 Å². The molecule has 11 heteroatoms. The SMILES string of the molecule is CC(C)n1ncc2c(C(=O)Nc3ccc(F)c(NS(C)(=O)=O)c3)cc(-c3ccco3)nc21. The molecule has 0 fully saturated rings. The van der Waals surface area contributed by atoms with Crippen LogP contribution in [0.15, 0.2) is 53.3 Å². The molecular formula is C21H20FN5O4S. The Kier molecular flexibility index (Phi) is 5.43. The summed E-state index contributed by atoms with van der Waals surface area (Å²) in [5.41, 5.74) is 1.19. The maximum Gasteiger partial charge on any atom is 0.256 e. The zero-order valence-electron chi connectivity index (χ0n) is 17.5. The van der Waals surface area contributed by atoms with E-state index in [-0.39, 0.29) is 23.0 Å². The van der Waals surface area contributed by atoms with E-state index in [1.807, 2.05) is 13.8 Å². The summed E-state index contributed by atoms with van der Waals surface area (Å²) in [5, 5.41) is 7.56. The van der Waals surface area contributed by atoms with Gasteiger partial charge in [0, 0.05) is 11.7 Å². The molecule has 3 aromatic heterocycles. The zero-order chi connectivity index (χ0) is 23.0. The Morgan fingerprint density at radius 3 is 2.66 bits per heavy atom. The Labute approximate surface area is 183 Å². The van der Waals surface area contributed by atoms with Crippen LogP contribution in [0.4, 0.5) is 15.8 Å². The highest BCUT2D eigenvalue weighted by molar-refractivity contribution is 7.92. The molecule has 0 aliphatic rings. The molecule has 0 aliphatic heterocycles. The van der Waals surface area contributed by atoms with Crippen LogP contribution < -0.4 is 10.0 Å². The number of amides is 1. The maximum absolute atomic E-state index is 14.0. The average Bonchev–Trinajstić information content (AvgIpc) is 3.38. The first-order chi connectivity index (χ1) is 15.1. The van der Waals surface area contributed by atoms with E-state index >= 15 is 0 Å². The van der Waals surface area contributed by atoms with Crippen molar-refractivity contribution >= 4 is 38.3 Å². The topological polar surface area (TPSA) is 119 Å². The fourth-order valence-corrected chi connectivity index (χ4v) is 3.77. The van der Waals surface area contributed by atoms with E-state index in [4.69, 9.17) is 4.42 Å². The predicted molar refractivity (Wildman–Crippen MR) is 118 cm³/mol. The second-order valence-electron chi connectivity index (χ2n) is 7.48. The summed E-state index contributed by atoms with van der Waals surface area (Å²) in [6, 6.07) is 8.65. The second kappa shape index (κ2) is 8.08. The molecule has 0 bridgehead atoms. The fraction of sp³-hybridized carbons (Fsp3) is 0.190. The number of halogens is 1. The number of sulfonamides is 1. The minimum atomic E-state index is -3.69. The first-order valence-electron chi connectivity index (χ1n) is 9.63. The van der Waals surface area contributed by atoms with Gasteiger partial charge in [0.25, 0.3) is 5.91 Å². The summed E-state index contributed by atoms with van der Waals surface area (Å²) in [6.07, 6.45) is 3.98. The molecule has 1 amide bonds. The van der Waals surface area contributed by atoms with Crippen LogP contribution in [0, 0.1) is 5.82 Å². The largest absolute Gasteiger partial charge is 0.463 e. The molecule has 3 heterocycles. The number of rotatable bonds is 6. The molecule has 0 unspecified atom stereocenters. The average molecular weight is 457 g/mol. The third kappa shape index (κ3) is 4.33. The van der Waals surface area contributed by atoms with Gasteiger partial charge in [-0.25, -0.2) is 22.5 Å². The van der Waals surface area contributed by atoms with E-state index < -0.39 is 21.7 Å². The fourth-order valence-electron chi connectivity index (χ4n) is 3.21. The quantitative estimate of drug-likeness (QED) is 0.451. The van der Waals surface area contributed by atoms with Crippen molar-refractivity contribution in [3.63, 3.8) is 0 Å². The van der Waals surface area contributed by atoms with Crippen LogP contribution in [-0.2, 0) is 10.0 Å². The number of fused-ring (bicyclic) bond motifs is 1. The highest BCUT2D eigenvalue weighted by atomic mass is 32.2. The number of anilines is 2. The van der Waals surface area contributed by atoms with Gasteiger partial charge in [-0.2, -0.15) is 5.10 Å². The Morgan fingerprint density at radius 1 is 1.22 bits per heavy atom. The van der Waals surface area contributed by atoms with Crippen molar-refractivity contribution in [3.8, 4) is 11.5 Å². The number of hydrogen-bond donors (Lipinski definition) is 2. The van der Waals surface area contributed by atoms with Gasteiger partial charge in [-0.1, -0.05) is 0 Å². The molecule has 0 radical (unpaired) electrons. The Balaban J connectivity index is 1.76. The molecular weight excluding hydrogens is 437 g/mol. The lowest BCUT2D eigenvalue weighted by molar-refractivity contribution is 0.102. The molecule has 4 rings (SSSR count). The van der Waals surface area contributed by atoms with E-state index in [1.165, 1.54) is 18.4 Å². The van der Waals surface area contributed by atoms with Gasteiger partial charge in [0.2, 0.25) is 10.0 Å². The van der Waals surface area contributed by atoms with Gasteiger partial charge >= 0.3 is 0 Å². The lowest BCUT2D eigenvalue weighted by Gasteiger charge is -2.11. The van der Waals surface area contributed by atoms with Gasteiger partial charge in [-0.3, -0.25) is 9.52 Å². The number of carbonyl (C=O) groups is 1. The molecule has 2 N–H and O–H groups in total. The van der Waals surface area contributed by atoms with Crippen molar-refractivity contribution in [2.45, 2.75) is 19.9 Å². The van der Waals surface area contributed by atoms with Crippen molar-refractivity contribution in [2.75, 3.05) is 16.3 Å². The van der Waals surface area contributed by atoms with E-state index in [2.05, 4.69) is 20.1 Å². The minimum Gasteiger partial charge on any atom is -0.463 e. The van der Waals surface area contributed by atoms with Crippen molar-refractivity contribution in [3.05, 3.63) is 60.2 Å². The molecule has 0 atom stereocenters. The van der Waals surface area contributed by atoms with Gasteiger partial charge in [0.05, 0.1) is 35.4 Å². The van der Waals surface area contributed by atoms with E-state index in [9.17, 15) is 17.6 Å². The number of nitrogens with zero attached hydrogens (tertiary/aromatic N) is 3. The van der Waals surface area contributed by atoms with Crippen molar-refractivity contribution in [1.82, 2.24) is 14.8 Å². The number of hydrogen-bond acceptors (Lipinski definition) is 6. The molecule has 0 aliphatic carbocycles. The summed E-state index contributed by atoms with van der Waals surface area (Å²) in [5.74, 6) is -0.776. The van der Waals surface area contributed by atoms with Crippen molar-refractivity contribution in [2.24, 2.45) is 0 Å². The molecule has 4 aromatic rings. The minimum absolute atomic E-state index is 0.00415. The van der Waals surface area contributed by atoms with E-state index in [0.717, 1.165) is 12.3 Å². The van der Waals surface area contributed by atoms with Gasteiger partial charge < -0.3 is 9.73 Å². The Bertz CT molecular complexity index is 1410. The number of pyridine rings is 1. The summed E-state index contributed by atoms with van der Waals surface area (Å²) >= 11 is 0. The summed E-state index contributed by atoms with van der Waals surface area (Å²) in [6.45, 7) is 3.89. The standard InChI is InChI=1S/C21H20FN5O4S/c1-12(2)27-20-15(11-23-27)14(10-18(25-20)19-5-4-8-31-19)21(28)24-13-6-7-16(22)17(9-13)26-32(3,29)30/h4-12,26H,1-3H3,(H,24,28). The molecule has 0 saturated carbocycles. The zero-order valence-corrected chi connectivity index (χ0v) is 18.3.